The molecule has 272 valence electrons. The standard InChI is InChI=1S/C58H40/c1-33-15-11-16-34(2)51(33)45-29-30-46(52-35(3)17-12-18-36(52)4)58-50-32-48-41-23-13-25-43-53(41)49(31-47(48)42-24-14-26-44(54(42)50)57(45)58)56-40(38-21-9-6-10-22-38)28-27-39(55(43)56)37-19-7-5-8-20-37/h5-32H,1-4H3. The van der Waals surface area contributed by atoms with Crippen LogP contribution in [0.25, 0.3) is 120 Å². The van der Waals surface area contributed by atoms with Gasteiger partial charge in [-0.1, -0.05) is 158 Å². The number of hydrogen-bond acceptors (Lipinski definition) is 0. The van der Waals surface area contributed by atoms with E-state index >= 15 is 0 Å². The molecule has 0 heterocycles. The van der Waals surface area contributed by atoms with E-state index in [1.165, 1.54) is 142 Å². The van der Waals surface area contributed by atoms with E-state index in [9.17, 15) is 0 Å². The Bertz CT molecular complexity index is 3580. The van der Waals surface area contributed by atoms with E-state index in [1.54, 1.807) is 0 Å². The first-order valence-electron chi connectivity index (χ1n) is 20.5. The van der Waals surface area contributed by atoms with E-state index in [2.05, 4.69) is 198 Å². The maximum absolute atomic E-state index is 2.56. The maximum Gasteiger partial charge on any atom is -0.00135 e. The van der Waals surface area contributed by atoms with Gasteiger partial charge in [0, 0.05) is 0 Å². The summed E-state index contributed by atoms with van der Waals surface area (Å²) in [5, 5.41) is 18.7. The molecule has 0 aliphatic carbocycles. The second-order valence-electron chi connectivity index (χ2n) is 16.5. The minimum atomic E-state index is 1.24. The molecule has 58 heavy (non-hydrogen) atoms. The number of fused-ring (bicyclic) bond motifs is 9. The molecule has 0 radical (unpaired) electrons. The van der Waals surface area contributed by atoms with Crippen molar-refractivity contribution in [2.75, 3.05) is 0 Å². The van der Waals surface area contributed by atoms with Gasteiger partial charge in [-0.05, 0) is 182 Å². The van der Waals surface area contributed by atoms with Crippen molar-refractivity contribution in [1.82, 2.24) is 0 Å². The quantitative estimate of drug-likeness (QED) is 0.158. The first kappa shape index (κ1) is 33.2. The molecule has 0 amide bonds. The zero-order valence-corrected chi connectivity index (χ0v) is 33.2. The lowest BCUT2D eigenvalue weighted by atomic mass is 9.87. The largest absolute Gasteiger partial charge is 0.0622 e. The monoisotopic (exact) mass is 736 g/mol. The minimum absolute atomic E-state index is 1.24. The van der Waals surface area contributed by atoms with Crippen molar-refractivity contribution in [3.63, 3.8) is 0 Å². The summed E-state index contributed by atoms with van der Waals surface area (Å²) < 4.78 is 0. The number of benzene rings is 10. The fourth-order valence-electron chi connectivity index (χ4n) is 10.9. The maximum atomic E-state index is 2.56. The van der Waals surface area contributed by atoms with Crippen molar-refractivity contribution in [1.29, 1.82) is 0 Å². The Kier molecular flexibility index (Phi) is 7.00. The van der Waals surface area contributed by atoms with Crippen LogP contribution in [0.15, 0.2) is 170 Å². The van der Waals surface area contributed by atoms with Gasteiger partial charge >= 0.3 is 0 Å². The lowest BCUT2D eigenvalue weighted by Crippen LogP contribution is -1.92. The van der Waals surface area contributed by atoms with E-state index in [0.29, 0.717) is 0 Å². The molecule has 0 spiro atoms. The normalized spacial score (nSPS) is 12.1. The molecular formula is C58H40. The van der Waals surface area contributed by atoms with Crippen molar-refractivity contribution >= 4 is 75.4 Å². The van der Waals surface area contributed by atoms with Crippen LogP contribution in [0.4, 0.5) is 0 Å². The van der Waals surface area contributed by atoms with Crippen molar-refractivity contribution < 1.29 is 0 Å². The SMILES string of the molecule is Cc1cccc(C)c1-c1ccc(-c2c(C)cccc2C)c2c3cc4c(cc5c6c(-c7ccccc7)ccc(-c7ccccc7)c6c6cccc4c65)c4cccc(c12)c43. The highest BCUT2D eigenvalue weighted by atomic mass is 14.3. The highest BCUT2D eigenvalue weighted by Gasteiger charge is 2.25. The zero-order valence-electron chi connectivity index (χ0n) is 33.2. The van der Waals surface area contributed by atoms with Gasteiger partial charge < -0.3 is 0 Å². The summed E-state index contributed by atoms with van der Waals surface area (Å²) in [5.41, 5.74) is 15.6. The molecule has 0 heteroatoms. The minimum Gasteiger partial charge on any atom is -0.0622 e. The lowest BCUT2D eigenvalue weighted by molar-refractivity contribution is 1.38. The van der Waals surface area contributed by atoms with E-state index in [-0.39, 0.29) is 0 Å². The van der Waals surface area contributed by atoms with E-state index in [4.69, 9.17) is 0 Å². The van der Waals surface area contributed by atoms with Crippen LogP contribution in [-0.2, 0) is 0 Å². The van der Waals surface area contributed by atoms with Crippen LogP contribution in [0.5, 0.6) is 0 Å². The summed E-state index contributed by atoms with van der Waals surface area (Å²) in [6.45, 7) is 9.06. The molecule has 0 nitrogen and oxygen atoms in total. The van der Waals surface area contributed by atoms with Crippen LogP contribution in [0.2, 0.25) is 0 Å². The Labute approximate surface area is 338 Å². The molecule has 0 bridgehead atoms. The Hall–Kier alpha value is -7.02. The molecule has 0 atom stereocenters. The molecule has 0 aromatic heterocycles. The van der Waals surface area contributed by atoms with Crippen molar-refractivity contribution in [3.05, 3.63) is 192 Å². The van der Waals surface area contributed by atoms with Crippen molar-refractivity contribution in [2.45, 2.75) is 27.7 Å². The summed E-state index contributed by atoms with van der Waals surface area (Å²) in [6.07, 6.45) is 0. The Morgan fingerprint density at radius 2 is 0.552 bits per heavy atom. The number of hydrogen-bond donors (Lipinski definition) is 0. The Morgan fingerprint density at radius 1 is 0.224 bits per heavy atom. The van der Waals surface area contributed by atoms with Crippen molar-refractivity contribution in [2.24, 2.45) is 0 Å². The topological polar surface area (TPSA) is 0 Å². The summed E-state index contributed by atoms with van der Waals surface area (Å²) >= 11 is 0. The van der Waals surface area contributed by atoms with Gasteiger partial charge in [-0.2, -0.15) is 0 Å². The van der Waals surface area contributed by atoms with Crippen LogP contribution in [0, 0.1) is 27.7 Å². The van der Waals surface area contributed by atoms with Gasteiger partial charge in [-0.25, -0.2) is 0 Å². The van der Waals surface area contributed by atoms with Gasteiger partial charge in [0.1, 0.15) is 0 Å². The predicted molar refractivity (Wildman–Crippen MR) is 252 cm³/mol. The number of aryl methyl sites for hydroxylation is 4. The lowest BCUT2D eigenvalue weighted by Gasteiger charge is -2.17. The Balaban J connectivity index is 1.30. The van der Waals surface area contributed by atoms with Gasteiger partial charge in [0.05, 0.1) is 0 Å². The third kappa shape index (κ3) is 4.46. The summed E-state index contributed by atoms with van der Waals surface area (Å²) in [5.74, 6) is 0. The van der Waals surface area contributed by atoms with Crippen LogP contribution >= 0.6 is 0 Å². The smallest absolute Gasteiger partial charge is 0.00135 e. The third-order valence-corrected chi connectivity index (χ3v) is 13.3. The molecule has 12 aromatic rings. The van der Waals surface area contributed by atoms with E-state index < -0.39 is 0 Å². The molecule has 0 saturated carbocycles. The summed E-state index contributed by atoms with van der Waals surface area (Å²) in [7, 11) is 0. The molecule has 0 unspecified atom stereocenters. The molecule has 0 aliphatic heterocycles. The first-order valence-corrected chi connectivity index (χ1v) is 20.5. The molecule has 0 fully saturated rings. The summed E-state index contributed by atoms with van der Waals surface area (Å²) in [6, 6.07) is 64.0. The van der Waals surface area contributed by atoms with E-state index in [0.717, 1.165) is 0 Å². The van der Waals surface area contributed by atoms with E-state index in [1.807, 2.05) is 0 Å². The molecule has 12 aromatic carbocycles. The van der Waals surface area contributed by atoms with Gasteiger partial charge in [-0.3, -0.25) is 0 Å². The van der Waals surface area contributed by atoms with Crippen LogP contribution in [0.1, 0.15) is 22.3 Å². The highest BCUT2D eigenvalue weighted by molar-refractivity contribution is 6.44. The molecule has 12 rings (SSSR count). The molecular weight excluding hydrogens is 697 g/mol. The van der Waals surface area contributed by atoms with Gasteiger partial charge in [-0.15, -0.1) is 0 Å². The van der Waals surface area contributed by atoms with Crippen LogP contribution < -0.4 is 0 Å². The van der Waals surface area contributed by atoms with Gasteiger partial charge in [0.25, 0.3) is 0 Å². The van der Waals surface area contributed by atoms with Crippen molar-refractivity contribution in [3.8, 4) is 44.5 Å². The zero-order chi connectivity index (χ0) is 38.8. The Morgan fingerprint density at radius 3 is 0.983 bits per heavy atom. The van der Waals surface area contributed by atoms with Gasteiger partial charge in [0.15, 0.2) is 0 Å². The average Bonchev–Trinajstić information content (AvgIpc) is 3.77. The molecule has 0 N–H and O–H groups in total. The first-order chi connectivity index (χ1) is 28.5. The second-order valence-corrected chi connectivity index (χ2v) is 16.5. The second kappa shape index (κ2) is 12.2. The molecule has 0 aliphatic rings. The highest BCUT2D eigenvalue weighted by Crippen LogP contribution is 2.53. The third-order valence-electron chi connectivity index (χ3n) is 13.3. The van der Waals surface area contributed by atoms with Crippen LogP contribution in [0.3, 0.4) is 0 Å². The number of rotatable bonds is 4. The molecule has 0 saturated heterocycles. The fraction of sp³-hybridized carbons (Fsp3) is 0.0690. The predicted octanol–water partition coefficient (Wildman–Crippen LogP) is 16.5. The van der Waals surface area contributed by atoms with Gasteiger partial charge in [0.2, 0.25) is 0 Å². The van der Waals surface area contributed by atoms with Crippen LogP contribution in [-0.4, -0.2) is 0 Å². The average molecular weight is 737 g/mol. The fourth-order valence-corrected chi connectivity index (χ4v) is 10.9. The summed E-state index contributed by atoms with van der Waals surface area (Å²) in [4.78, 5) is 0.